The fraction of sp³-hybridized carbons (Fsp3) is 0.533. The van der Waals surface area contributed by atoms with E-state index in [0.717, 1.165) is 17.9 Å². The van der Waals surface area contributed by atoms with E-state index in [4.69, 9.17) is 10.5 Å². The predicted octanol–water partition coefficient (Wildman–Crippen LogP) is 2.92. The van der Waals surface area contributed by atoms with Crippen LogP contribution in [0.3, 0.4) is 0 Å². The summed E-state index contributed by atoms with van der Waals surface area (Å²) in [6.45, 7) is 1.87. The average molecular weight is 245 g/mol. The Bertz CT molecular complexity index is 483. The third-order valence-electron chi connectivity index (χ3n) is 4.53. The second-order valence-corrected chi connectivity index (χ2v) is 5.64. The van der Waals surface area contributed by atoms with Crippen molar-refractivity contribution >= 4 is 11.7 Å². The number of hydrogen-bond acceptors (Lipinski definition) is 3. The van der Waals surface area contributed by atoms with E-state index in [1.807, 2.05) is 13.0 Å². The van der Waals surface area contributed by atoms with Gasteiger partial charge in [0.1, 0.15) is 6.10 Å². The summed E-state index contributed by atoms with van der Waals surface area (Å²) in [4.78, 5) is 12.2. The first kappa shape index (κ1) is 11.6. The molecule has 18 heavy (non-hydrogen) atoms. The van der Waals surface area contributed by atoms with Gasteiger partial charge in [0, 0.05) is 5.69 Å². The molecule has 96 valence electrons. The fourth-order valence-corrected chi connectivity index (χ4v) is 3.41. The molecule has 2 aliphatic carbocycles. The summed E-state index contributed by atoms with van der Waals surface area (Å²) >= 11 is 0. The lowest BCUT2D eigenvalue weighted by atomic mass is 9.97. The lowest BCUT2D eigenvalue weighted by Crippen LogP contribution is -2.24. The summed E-state index contributed by atoms with van der Waals surface area (Å²) in [6, 6.07) is 5.41. The summed E-state index contributed by atoms with van der Waals surface area (Å²) in [7, 11) is 0. The number of fused-ring (bicyclic) bond motifs is 2. The van der Waals surface area contributed by atoms with E-state index >= 15 is 0 Å². The molecule has 3 unspecified atom stereocenters. The highest BCUT2D eigenvalue weighted by Gasteiger charge is 2.41. The van der Waals surface area contributed by atoms with E-state index in [0.29, 0.717) is 17.2 Å². The minimum atomic E-state index is -0.211. The molecule has 0 amide bonds. The molecule has 1 aromatic rings. The highest BCUT2D eigenvalue weighted by atomic mass is 16.5. The highest BCUT2D eigenvalue weighted by Crippen LogP contribution is 2.46. The van der Waals surface area contributed by atoms with Gasteiger partial charge in [-0.25, -0.2) is 4.79 Å². The summed E-state index contributed by atoms with van der Waals surface area (Å²) in [5.74, 6) is 1.17. The third-order valence-corrected chi connectivity index (χ3v) is 4.53. The van der Waals surface area contributed by atoms with Crippen LogP contribution in [0.4, 0.5) is 5.69 Å². The van der Waals surface area contributed by atoms with Crippen molar-refractivity contribution in [2.45, 2.75) is 38.7 Å². The maximum Gasteiger partial charge on any atom is 0.338 e. The number of hydrogen-bond donors (Lipinski definition) is 1. The van der Waals surface area contributed by atoms with Crippen LogP contribution in [0, 0.1) is 18.8 Å². The Labute approximate surface area is 107 Å². The first-order valence-electron chi connectivity index (χ1n) is 6.71. The SMILES string of the molecule is Cc1c(N)cccc1C(=O)OC1CC2CCC1C2. The normalized spacial score (nSPS) is 29.5. The van der Waals surface area contributed by atoms with Crippen LogP contribution in [0.2, 0.25) is 0 Å². The second-order valence-electron chi connectivity index (χ2n) is 5.64. The van der Waals surface area contributed by atoms with E-state index in [1.165, 1.54) is 19.3 Å². The van der Waals surface area contributed by atoms with Crippen LogP contribution < -0.4 is 5.73 Å². The maximum absolute atomic E-state index is 12.2. The van der Waals surface area contributed by atoms with Crippen molar-refractivity contribution in [1.29, 1.82) is 0 Å². The number of nitrogen functional groups attached to an aromatic ring is 1. The van der Waals surface area contributed by atoms with Crippen molar-refractivity contribution < 1.29 is 9.53 Å². The Hall–Kier alpha value is -1.51. The minimum absolute atomic E-state index is 0.136. The molecule has 0 heterocycles. The van der Waals surface area contributed by atoms with E-state index in [1.54, 1.807) is 12.1 Å². The van der Waals surface area contributed by atoms with Crippen LogP contribution in [0.25, 0.3) is 0 Å². The zero-order valence-electron chi connectivity index (χ0n) is 10.7. The van der Waals surface area contributed by atoms with Gasteiger partial charge in [-0.2, -0.15) is 0 Å². The van der Waals surface area contributed by atoms with Crippen LogP contribution in [0.5, 0.6) is 0 Å². The van der Waals surface area contributed by atoms with Gasteiger partial charge in [0.05, 0.1) is 5.56 Å². The van der Waals surface area contributed by atoms with Crippen molar-refractivity contribution in [2.75, 3.05) is 5.73 Å². The number of carbonyl (C=O) groups excluding carboxylic acids is 1. The quantitative estimate of drug-likeness (QED) is 0.644. The molecule has 2 saturated carbocycles. The zero-order valence-corrected chi connectivity index (χ0v) is 10.7. The standard InChI is InChI=1S/C15H19NO2/c1-9-12(3-2-4-13(9)16)15(17)18-14-8-10-5-6-11(14)7-10/h2-4,10-11,14H,5-8,16H2,1H3. The van der Waals surface area contributed by atoms with Crippen LogP contribution in [0.15, 0.2) is 18.2 Å². The van der Waals surface area contributed by atoms with Crippen molar-refractivity contribution in [1.82, 2.24) is 0 Å². The van der Waals surface area contributed by atoms with Gasteiger partial charge in [-0.1, -0.05) is 6.07 Å². The van der Waals surface area contributed by atoms with Crippen molar-refractivity contribution in [2.24, 2.45) is 11.8 Å². The largest absolute Gasteiger partial charge is 0.458 e. The van der Waals surface area contributed by atoms with Gasteiger partial charge in [-0.15, -0.1) is 0 Å². The van der Waals surface area contributed by atoms with E-state index in [-0.39, 0.29) is 12.1 Å². The minimum Gasteiger partial charge on any atom is -0.458 e. The predicted molar refractivity (Wildman–Crippen MR) is 70.2 cm³/mol. The van der Waals surface area contributed by atoms with Crippen LogP contribution in [-0.2, 0) is 4.74 Å². The first-order valence-corrected chi connectivity index (χ1v) is 6.71. The zero-order chi connectivity index (χ0) is 12.7. The fourth-order valence-electron chi connectivity index (χ4n) is 3.41. The van der Waals surface area contributed by atoms with Gasteiger partial charge in [0.15, 0.2) is 0 Å². The number of anilines is 1. The summed E-state index contributed by atoms with van der Waals surface area (Å²) in [5.41, 5.74) is 7.90. The molecule has 0 radical (unpaired) electrons. The van der Waals surface area contributed by atoms with Gasteiger partial charge in [0.25, 0.3) is 0 Å². The summed E-state index contributed by atoms with van der Waals surface area (Å²) in [5, 5.41) is 0. The molecule has 1 aromatic carbocycles. The summed E-state index contributed by atoms with van der Waals surface area (Å²) < 4.78 is 5.67. The molecule has 0 saturated heterocycles. The van der Waals surface area contributed by atoms with Gasteiger partial charge in [-0.3, -0.25) is 0 Å². The number of nitrogens with two attached hydrogens (primary N) is 1. The van der Waals surface area contributed by atoms with Gasteiger partial charge < -0.3 is 10.5 Å². The van der Waals surface area contributed by atoms with Crippen LogP contribution in [-0.4, -0.2) is 12.1 Å². The molecule has 0 spiro atoms. The molecule has 2 fully saturated rings. The van der Waals surface area contributed by atoms with Gasteiger partial charge in [0.2, 0.25) is 0 Å². The molecule has 2 aliphatic rings. The van der Waals surface area contributed by atoms with Crippen molar-refractivity contribution in [3.8, 4) is 0 Å². The molecule has 2 N–H and O–H groups in total. The number of carbonyl (C=O) groups is 1. The monoisotopic (exact) mass is 245 g/mol. The van der Waals surface area contributed by atoms with Crippen molar-refractivity contribution in [3.63, 3.8) is 0 Å². The number of ether oxygens (including phenoxy) is 1. The average Bonchev–Trinajstić information content (AvgIpc) is 2.94. The van der Waals surface area contributed by atoms with Crippen LogP contribution in [0.1, 0.15) is 41.6 Å². The molecule has 3 rings (SSSR count). The first-order chi connectivity index (χ1) is 8.65. The Morgan fingerprint density at radius 2 is 2.17 bits per heavy atom. The Morgan fingerprint density at radius 3 is 2.83 bits per heavy atom. The molecule has 2 bridgehead atoms. The molecule has 3 heteroatoms. The highest BCUT2D eigenvalue weighted by molar-refractivity contribution is 5.92. The van der Waals surface area contributed by atoms with Gasteiger partial charge in [-0.05, 0) is 62.1 Å². The number of rotatable bonds is 2. The molecule has 3 atom stereocenters. The van der Waals surface area contributed by atoms with E-state index < -0.39 is 0 Å². The molecular formula is C15H19NO2. The lowest BCUT2D eigenvalue weighted by Gasteiger charge is -2.22. The second kappa shape index (κ2) is 4.30. The van der Waals surface area contributed by atoms with Crippen molar-refractivity contribution in [3.05, 3.63) is 29.3 Å². The summed E-state index contributed by atoms with van der Waals surface area (Å²) in [6.07, 6.45) is 4.97. The molecule has 3 nitrogen and oxygen atoms in total. The molecule has 0 aromatic heterocycles. The number of esters is 1. The Morgan fingerprint density at radius 1 is 1.33 bits per heavy atom. The Balaban J connectivity index is 1.73. The molecular weight excluding hydrogens is 226 g/mol. The smallest absolute Gasteiger partial charge is 0.338 e. The lowest BCUT2D eigenvalue weighted by molar-refractivity contribution is 0.0158. The van der Waals surface area contributed by atoms with E-state index in [9.17, 15) is 4.79 Å². The topological polar surface area (TPSA) is 52.3 Å². The van der Waals surface area contributed by atoms with E-state index in [2.05, 4.69) is 0 Å². The number of benzene rings is 1. The Kier molecular flexibility index (Phi) is 2.77. The molecule has 0 aliphatic heterocycles. The maximum atomic E-state index is 12.2. The van der Waals surface area contributed by atoms with Gasteiger partial charge >= 0.3 is 5.97 Å². The third kappa shape index (κ3) is 1.88. The van der Waals surface area contributed by atoms with Crippen LogP contribution >= 0.6 is 0 Å².